The molecule has 0 heterocycles. The molecule has 0 saturated carbocycles. The predicted octanol–water partition coefficient (Wildman–Crippen LogP) is 2.08. The Bertz CT molecular complexity index is 573. The van der Waals surface area contributed by atoms with Gasteiger partial charge in [0.2, 0.25) is 10.0 Å². The standard InChI is InChI=1S/C13H20N2O2S3/c1-10(7-8-19-3)15(2)20(16,17)12-6-4-5-11(9-12)13(14)18/h4-6,9-10H,7-8H2,1-3H3,(H2,14,18). The van der Waals surface area contributed by atoms with Crippen molar-refractivity contribution >= 4 is 39.0 Å². The summed E-state index contributed by atoms with van der Waals surface area (Å²) in [6.45, 7) is 1.91. The van der Waals surface area contributed by atoms with Crippen molar-refractivity contribution in [2.45, 2.75) is 24.3 Å². The fraction of sp³-hybridized carbons (Fsp3) is 0.462. The van der Waals surface area contributed by atoms with Gasteiger partial charge in [-0.2, -0.15) is 16.1 Å². The van der Waals surface area contributed by atoms with Gasteiger partial charge in [-0.15, -0.1) is 0 Å². The largest absolute Gasteiger partial charge is 0.389 e. The predicted molar refractivity (Wildman–Crippen MR) is 89.7 cm³/mol. The second kappa shape index (κ2) is 7.40. The van der Waals surface area contributed by atoms with Crippen LogP contribution in [0.3, 0.4) is 0 Å². The van der Waals surface area contributed by atoms with Gasteiger partial charge in [-0.05, 0) is 37.5 Å². The van der Waals surface area contributed by atoms with Crippen LogP contribution in [0, 0.1) is 0 Å². The van der Waals surface area contributed by atoms with Crippen LogP contribution in [0.5, 0.6) is 0 Å². The molecule has 2 N–H and O–H groups in total. The first kappa shape index (κ1) is 17.4. The first-order valence-corrected chi connectivity index (χ1v) is 9.41. The maximum atomic E-state index is 12.5. The number of thiocarbonyl (C=S) groups is 1. The number of nitrogens with zero attached hydrogens (tertiary/aromatic N) is 1. The van der Waals surface area contributed by atoms with Crippen LogP contribution in [-0.2, 0) is 10.0 Å². The van der Waals surface area contributed by atoms with Crippen LogP contribution in [0.2, 0.25) is 0 Å². The summed E-state index contributed by atoms with van der Waals surface area (Å²) >= 11 is 6.59. The van der Waals surface area contributed by atoms with E-state index < -0.39 is 10.0 Å². The molecule has 1 aromatic rings. The normalized spacial score (nSPS) is 13.4. The molecule has 4 nitrogen and oxygen atoms in total. The van der Waals surface area contributed by atoms with E-state index in [9.17, 15) is 8.42 Å². The molecule has 112 valence electrons. The third kappa shape index (κ3) is 4.18. The van der Waals surface area contributed by atoms with Crippen LogP contribution in [0.1, 0.15) is 18.9 Å². The van der Waals surface area contributed by atoms with E-state index >= 15 is 0 Å². The zero-order chi connectivity index (χ0) is 15.3. The quantitative estimate of drug-likeness (QED) is 0.775. The molecule has 0 aliphatic heterocycles. The van der Waals surface area contributed by atoms with Gasteiger partial charge in [0.25, 0.3) is 0 Å². The molecule has 0 aromatic heterocycles. The SMILES string of the molecule is CSCCC(C)N(C)S(=O)(=O)c1cccc(C(N)=S)c1. The van der Waals surface area contributed by atoms with Crippen molar-refractivity contribution in [2.75, 3.05) is 19.1 Å². The topological polar surface area (TPSA) is 63.4 Å². The molecule has 1 rings (SSSR count). The highest BCUT2D eigenvalue weighted by Crippen LogP contribution is 2.19. The molecule has 20 heavy (non-hydrogen) atoms. The lowest BCUT2D eigenvalue weighted by Gasteiger charge is -2.24. The number of thioether (sulfide) groups is 1. The monoisotopic (exact) mass is 332 g/mol. The van der Waals surface area contributed by atoms with E-state index in [1.807, 2.05) is 13.2 Å². The molecule has 0 saturated heterocycles. The summed E-state index contributed by atoms with van der Waals surface area (Å²) in [5.74, 6) is 0.925. The van der Waals surface area contributed by atoms with Crippen LogP contribution >= 0.6 is 24.0 Å². The number of sulfonamides is 1. The van der Waals surface area contributed by atoms with Crippen LogP contribution in [0.4, 0.5) is 0 Å². The lowest BCUT2D eigenvalue weighted by molar-refractivity contribution is 0.382. The molecular formula is C13H20N2O2S3. The van der Waals surface area contributed by atoms with Crippen LogP contribution in [0.25, 0.3) is 0 Å². The highest BCUT2D eigenvalue weighted by molar-refractivity contribution is 7.98. The first-order chi connectivity index (χ1) is 9.30. The fourth-order valence-electron chi connectivity index (χ4n) is 1.68. The second-order valence-corrected chi connectivity index (χ2v) is 7.97. The number of benzene rings is 1. The van der Waals surface area contributed by atoms with Crippen molar-refractivity contribution in [2.24, 2.45) is 5.73 Å². The van der Waals surface area contributed by atoms with Gasteiger partial charge >= 0.3 is 0 Å². The average molecular weight is 333 g/mol. The third-order valence-electron chi connectivity index (χ3n) is 3.16. The molecule has 1 atom stereocenters. The molecule has 0 aliphatic rings. The van der Waals surface area contributed by atoms with Crippen LogP contribution < -0.4 is 5.73 Å². The fourth-order valence-corrected chi connectivity index (χ4v) is 3.83. The molecule has 0 aliphatic carbocycles. The van der Waals surface area contributed by atoms with Crippen LogP contribution in [-0.4, -0.2) is 42.8 Å². The minimum Gasteiger partial charge on any atom is -0.389 e. The highest BCUT2D eigenvalue weighted by atomic mass is 32.2. The summed E-state index contributed by atoms with van der Waals surface area (Å²) in [5, 5.41) is 0. The van der Waals surface area contributed by atoms with Gasteiger partial charge in [-0.3, -0.25) is 0 Å². The third-order valence-corrected chi connectivity index (χ3v) is 6.00. The lowest BCUT2D eigenvalue weighted by atomic mass is 10.2. The van der Waals surface area contributed by atoms with Gasteiger partial charge < -0.3 is 5.73 Å². The van der Waals surface area contributed by atoms with E-state index in [0.717, 1.165) is 12.2 Å². The Labute approximate surface area is 130 Å². The summed E-state index contributed by atoms with van der Waals surface area (Å²) in [5.41, 5.74) is 6.11. The van der Waals surface area contributed by atoms with Crippen LogP contribution in [0.15, 0.2) is 29.2 Å². The Kier molecular flexibility index (Phi) is 6.44. The Balaban J connectivity index is 3.03. The summed E-state index contributed by atoms with van der Waals surface area (Å²) < 4.78 is 26.5. The Morgan fingerprint density at radius 2 is 2.15 bits per heavy atom. The van der Waals surface area contributed by atoms with Gasteiger partial charge in [0.05, 0.1) is 4.90 Å². The van der Waals surface area contributed by atoms with E-state index in [-0.39, 0.29) is 15.9 Å². The number of hydrogen-bond donors (Lipinski definition) is 1. The number of rotatable bonds is 7. The summed E-state index contributed by atoms with van der Waals surface area (Å²) in [4.78, 5) is 0.418. The average Bonchev–Trinajstić information content (AvgIpc) is 2.43. The van der Waals surface area contributed by atoms with Gasteiger partial charge in [0, 0.05) is 18.7 Å². The summed E-state index contributed by atoms with van der Waals surface area (Å²) in [6, 6.07) is 6.39. The van der Waals surface area contributed by atoms with Gasteiger partial charge in [-0.1, -0.05) is 24.4 Å². The Hall–Kier alpha value is -0.630. The summed E-state index contributed by atoms with van der Waals surface area (Å²) in [7, 11) is -1.91. The second-order valence-electron chi connectivity index (χ2n) is 4.54. The Morgan fingerprint density at radius 3 is 2.70 bits per heavy atom. The van der Waals surface area contributed by atoms with Crippen molar-refractivity contribution in [1.29, 1.82) is 0 Å². The Morgan fingerprint density at radius 1 is 1.50 bits per heavy atom. The minimum absolute atomic E-state index is 0.0547. The molecule has 0 amide bonds. The summed E-state index contributed by atoms with van der Waals surface area (Å²) in [6.07, 6.45) is 2.82. The van der Waals surface area contributed by atoms with E-state index in [4.69, 9.17) is 18.0 Å². The zero-order valence-corrected chi connectivity index (χ0v) is 14.3. The number of nitrogens with two attached hydrogens (primary N) is 1. The van der Waals surface area contributed by atoms with E-state index in [2.05, 4.69) is 0 Å². The van der Waals surface area contributed by atoms with Crippen molar-refractivity contribution in [3.05, 3.63) is 29.8 Å². The van der Waals surface area contributed by atoms with Gasteiger partial charge in [-0.25, -0.2) is 8.42 Å². The molecule has 0 radical (unpaired) electrons. The van der Waals surface area contributed by atoms with Crippen molar-refractivity contribution in [3.63, 3.8) is 0 Å². The molecule has 0 spiro atoms. The van der Waals surface area contributed by atoms with E-state index in [1.165, 1.54) is 10.4 Å². The first-order valence-electron chi connectivity index (χ1n) is 6.17. The van der Waals surface area contributed by atoms with Crippen molar-refractivity contribution in [1.82, 2.24) is 4.31 Å². The molecule has 1 aromatic carbocycles. The maximum absolute atomic E-state index is 12.5. The number of hydrogen-bond acceptors (Lipinski definition) is 4. The smallest absolute Gasteiger partial charge is 0.243 e. The van der Waals surface area contributed by atoms with Crippen molar-refractivity contribution in [3.8, 4) is 0 Å². The van der Waals surface area contributed by atoms with Gasteiger partial charge in [0.15, 0.2) is 0 Å². The molecule has 0 fully saturated rings. The maximum Gasteiger partial charge on any atom is 0.243 e. The molecule has 1 unspecified atom stereocenters. The molecule has 7 heteroatoms. The zero-order valence-electron chi connectivity index (χ0n) is 11.9. The van der Waals surface area contributed by atoms with Gasteiger partial charge in [0.1, 0.15) is 4.99 Å². The van der Waals surface area contributed by atoms with Crippen molar-refractivity contribution < 1.29 is 8.42 Å². The van der Waals surface area contributed by atoms with E-state index in [1.54, 1.807) is 37.0 Å². The molecular weight excluding hydrogens is 312 g/mol. The van der Waals surface area contributed by atoms with E-state index in [0.29, 0.717) is 5.56 Å². The lowest BCUT2D eigenvalue weighted by Crippen LogP contribution is -2.35. The molecule has 0 bridgehead atoms. The highest BCUT2D eigenvalue weighted by Gasteiger charge is 2.25. The minimum atomic E-state index is -3.52.